The summed E-state index contributed by atoms with van der Waals surface area (Å²) in [4.78, 5) is 23.8. The Morgan fingerprint density at radius 3 is 2.30 bits per heavy atom. The Balaban J connectivity index is 2.00. The molecule has 1 saturated heterocycles. The van der Waals surface area contributed by atoms with Crippen molar-refractivity contribution in [2.45, 2.75) is 76.2 Å². The number of hydrogen-bond donors (Lipinski definition) is 5. The molecule has 1 heterocycles. The van der Waals surface area contributed by atoms with Gasteiger partial charge in [-0.05, 0) is 19.8 Å². The van der Waals surface area contributed by atoms with E-state index in [9.17, 15) is 24.9 Å². The van der Waals surface area contributed by atoms with Gasteiger partial charge in [-0.1, -0.05) is 12.8 Å². The van der Waals surface area contributed by atoms with Crippen LogP contribution in [0.1, 0.15) is 39.5 Å². The molecule has 2 amide bonds. The van der Waals surface area contributed by atoms with Gasteiger partial charge in [0.1, 0.15) is 18.3 Å². The smallest absolute Gasteiger partial charge is 0.227 e. The van der Waals surface area contributed by atoms with Crippen molar-refractivity contribution in [3.8, 4) is 0 Å². The number of hydrogen-bond acceptors (Lipinski definition) is 6. The van der Waals surface area contributed by atoms with Crippen LogP contribution in [-0.2, 0) is 14.3 Å². The average Bonchev–Trinajstić information content (AvgIpc) is 2.50. The molecule has 1 saturated carbocycles. The molecule has 8 nitrogen and oxygen atoms in total. The van der Waals surface area contributed by atoms with Gasteiger partial charge in [0.15, 0.2) is 6.23 Å². The zero-order valence-electron chi connectivity index (χ0n) is 13.4. The van der Waals surface area contributed by atoms with Gasteiger partial charge >= 0.3 is 0 Å². The van der Waals surface area contributed by atoms with Crippen molar-refractivity contribution in [1.29, 1.82) is 0 Å². The molecular weight excluding hydrogens is 304 g/mol. The van der Waals surface area contributed by atoms with E-state index in [2.05, 4.69) is 10.6 Å². The van der Waals surface area contributed by atoms with E-state index < -0.39 is 36.6 Å². The first-order chi connectivity index (χ1) is 10.8. The summed E-state index contributed by atoms with van der Waals surface area (Å²) in [6.07, 6.45) is -2.61. The van der Waals surface area contributed by atoms with Crippen molar-refractivity contribution >= 4 is 11.8 Å². The number of carbonyl (C=O) groups is 2. The molecule has 2 rings (SSSR count). The molecule has 0 spiro atoms. The summed E-state index contributed by atoms with van der Waals surface area (Å²) in [6, 6.07) is -0.241. The summed E-state index contributed by atoms with van der Waals surface area (Å²) in [6.45, 7) is 2.97. The average molecular weight is 330 g/mol. The maximum absolute atomic E-state index is 12.5. The fourth-order valence-electron chi connectivity index (χ4n) is 3.30. The van der Waals surface area contributed by atoms with Gasteiger partial charge in [0.25, 0.3) is 0 Å². The summed E-state index contributed by atoms with van der Waals surface area (Å²) >= 11 is 0. The van der Waals surface area contributed by atoms with Crippen molar-refractivity contribution in [1.82, 2.24) is 10.6 Å². The topological polar surface area (TPSA) is 128 Å². The highest BCUT2D eigenvalue weighted by atomic mass is 16.5. The van der Waals surface area contributed by atoms with Crippen LogP contribution in [0.4, 0.5) is 0 Å². The lowest BCUT2D eigenvalue weighted by atomic mass is 9.83. The summed E-state index contributed by atoms with van der Waals surface area (Å²) in [5.41, 5.74) is 0. The normalized spacial score (nSPS) is 41.2. The summed E-state index contributed by atoms with van der Waals surface area (Å²) in [5.74, 6) is -0.915. The number of ether oxygens (including phenoxy) is 1. The largest absolute Gasteiger partial charge is 0.388 e. The van der Waals surface area contributed by atoms with Gasteiger partial charge in [0.2, 0.25) is 11.8 Å². The van der Waals surface area contributed by atoms with Crippen molar-refractivity contribution in [2.24, 2.45) is 5.92 Å². The van der Waals surface area contributed by atoms with Gasteiger partial charge in [-0.2, -0.15) is 0 Å². The first-order valence-corrected chi connectivity index (χ1v) is 8.08. The molecule has 0 aromatic carbocycles. The number of nitrogens with one attached hydrogen (secondary N) is 2. The number of rotatable bonds is 3. The SMILES string of the molecule is CC(=O)N[C@@H]1CCCC[C@@H]1C(=O)N[C@@H]1O[C@@H](C)[C@@H](O)[C@@H](O)[C@@H]1O. The molecule has 0 radical (unpaired) electrons. The minimum absolute atomic E-state index is 0.184. The van der Waals surface area contributed by atoms with Gasteiger partial charge < -0.3 is 30.7 Å². The predicted octanol–water partition coefficient (Wildman–Crippen LogP) is -1.37. The highest BCUT2D eigenvalue weighted by Crippen LogP contribution is 2.26. The highest BCUT2D eigenvalue weighted by molar-refractivity contribution is 5.81. The van der Waals surface area contributed by atoms with Crippen LogP contribution in [0.2, 0.25) is 0 Å². The Labute approximate surface area is 135 Å². The quantitative estimate of drug-likeness (QED) is 0.434. The molecule has 2 aliphatic rings. The molecule has 1 aliphatic carbocycles. The van der Waals surface area contributed by atoms with E-state index in [0.717, 1.165) is 19.3 Å². The number of amides is 2. The van der Waals surface area contributed by atoms with Crippen molar-refractivity contribution in [3.05, 3.63) is 0 Å². The Morgan fingerprint density at radius 2 is 1.65 bits per heavy atom. The van der Waals surface area contributed by atoms with Crippen LogP contribution in [0, 0.1) is 5.92 Å². The Morgan fingerprint density at radius 1 is 1.00 bits per heavy atom. The zero-order chi connectivity index (χ0) is 17.1. The molecule has 8 heteroatoms. The predicted molar refractivity (Wildman–Crippen MR) is 80.1 cm³/mol. The Bertz CT molecular complexity index is 446. The lowest BCUT2D eigenvalue weighted by Gasteiger charge is -2.40. The van der Waals surface area contributed by atoms with Crippen LogP contribution in [0.25, 0.3) is 0 Å². The van der Waals surface area contributed by atoms with Crippen LogP contribution in [0.15, 0.2) is 0 Å². The van der Waals surface area contributed by atoms with Crippen LogP contribution < -0.4 is 10.6 Å². The minimum atomic E-state index is -1.41. The van der Waals surface area contributed by atoms with E-state index in [1.807, 2.05) is 0 Å². The van der Waals surface area contributed by atoms with E-state index in [0.29, 0.717) is 6.42 Å². The second-order valence-electron chi connectivity index (χ2n) is 6.44. The zero-order valence-corrected chi connectivity index (χ0v) is 13.4. The molecule has 23 heavy (non-hydrogen) atoms. The van der Waals surface area contributed by atoms with Gasteiger partial charge in [-0.25, -0.2) is 0 Å². The first-order valence-electron chi connectivity index (χ1n) is 8.08. The Hall–Kier alpha value is -1.22. The van der Waals surface area contributed by atoms with E-state index in [1.54, 1.807) is 6.92 Å². The maximum atomic E-state index is 12.5. The molecule has 7 atom stereocenters. The lowest BCUT2D eigenvalue weighted by molar-refractivity contribution is -0.225. The van der Waals surface area contributed by atoms with E-state index >= 15 is 0 Å². The van der Waals surface area contributed by atoms with Crippen LogP contribution in [-0.4, -0.2) is 63.8 Å². The monoisotopic (exact) mass is 330 g/mol. The molecule has 0 bridgehead atoms. The summed E-state index contributed by atoms with van der Waals surface area (Å²) in [5, 5.41) is 34.8. The fourth-order valence-corrected chi connectivity index (χ4v) is 3.30. The highest BCUT2D eigenvalue weighted by Gasteiger charge is 2.43. The molecule has 132 valence electrons. The molecule has 0 aromatic rings. The van der Waals surface area contributed by atoms with Crippen LogP contribution in [0.5, 0.6) is 0 Å². The Kier molecular flexibility index (Phi) is 5.96. The summed E-state index contributed by atoms with van der Waals surface area (Å²) in [7, 11) is 0. The van der Waals surface area contributed by atoms with Crippen molar-refractivity contribution in [3.63, 3.8) is 0 Å². The third-order valence-electron chi connectivity index (χ3n) is 4.63. The third-order valence-corrected chi connectivity index (χ3v) is 4.63. The minimum Gasteiger partial charge on any atom is -0.388 e. The number of carbonyl (C=O) groups excluding carboxylic acids is 2. The van der Waals surface area contributed by atoms with Crippen molar-refractivity contribution in [2.75, 3.05) is 0 Å². The first kappa shape index (κ1) is 18.1. The second-order valence-corrected chi connectivity index (χ2v) is 6.44. The standard InChI is InChI=1S/C15H26N2O6/c1-7-11(19)12(20)13(21)15(23-7)17-14(22)9-5-3-4-6-10(9)16-8(2)18/h7,9-13,15,19-21H,3-6H2,1-2H3,(H,16,18)(H,17,22)/t7-,9-,10+,11+,12+,13-,15+/m0/s1. The molecule has 1 aliphatic heterocycles. The maximum Gasteiger partial charge on any atom is 0.227 e. The van der Waals surface area contributed by atoms with Gasteiger partial charge in [-0.3, -0.25) is 9.59 Å². The van der Waals surface area contributed by atoms with E-state index in [-0.39, 0.29) is 17.9 Å². The number of aliphatic hydroxyl groups excluding tert-OH is 3. The number of aliphatic hydroxyl groups is 3. The van der Waals surface area contributed by atoms with E-state index in [1.165, 1.54) is 6.92 Å². The van der Waals surface area contributed by atoms with Gasteiger partial charge in [0.05, 0.1) is 12.0 Å². The molecule has 2 fully saturated rings. The second kappa shape index (κ2) is 7.57. The third kappa shape index (κ3) is 4.20. The van der Waals surface area contributed by atoms with Gasteiger partial charge in [-0.15, -0.1) is 0 Å². The van der Waals surface area contributed by atoms with Crippen LogP contribution in [0.3, 0.4) is 0 Å². The van der Waals surface area contributed by atoms with Gasteiger partial charge in [0, 0.05) is 13.0 Å². The molecule has 5 N–H and O–H groups in total. The van der Waals surface area contributed by atoms with Crippen molar-refractivity contribution < 1.29 is 29.6 Å². The molecular formula is C15H26N2O6. The van der Waals surface area contributed by atoms with E-state index in [4.69, 9.17) is 4.74 Å². The fraction of sp³-hybridized carbons (Fsp3) is 0.867. The molecule has 0 unspecified atom stereocenters. The summed E-state index contributed by atoms with van der Waals surface area (Å²) < 4.78 is 5.38. The molecule has 0 aromatic heterocycles. The lowest BCUT2D eigenvalue weighted by Crippen LogP contribution is -2.63. The van der Waals surface area contributed by atoms with Crippen LogP contribution >= 0.6 is 0 Å².